The van der Waals surface area contributed by atoms with Crippen LogP contribution in [0, 0.1) is 0 Å². The van der Waals surface area contributed by atoms with Gasteiger partial charge in [0.1, 0.15) is 6.04 Å². The summed E-state index contributed by atoms with van der Waals surface area (Å²) in [6, 6.07) is -0.00838. The fourth-order valence-corrected chi connectivity index (χ4v) is 2.97. The van der Waals surface area contributed by atoms with Gasteiger partial charge in [-0.3, -0.25) is 9.59 Å². The van der Waals surface area contributed by atoms with Crippen molar-refractivity contribution in [1.29, 1.82) is 0 Å². The maximum absolute atomic E-state index is 12.3. The first-order valence-corrected chi connectivity index (χ1v) is 7.53. The topological polar surface area (TPSA) is 61.4 Å². The monoisotopic (exact) mass is 303 g/mol. The molecular formula is C14H26ClN3O2. The van der Waals surface area contributed by atoms with E-state index in [1.807, 2.05) is 6.92 Å². The van der Waals surface area contributed by atoms with Crippen LogP contribution in [0.1, 0.15) is 45.4 Å². The van der Waals surface area contributed by atoms with Crippen LogP contribution in [0.15, 0.2) is 0 Å². The predicted octanol–water partition coefficient (Wildman–Crippen LogP) is 1.07. The van der Waals surface area contributed by atoms with Gasteiger partial charge in [0.05, 0.1) is 0 Å². The Morgan fingerprint density at radius 1 is 1.30 bits per heavy atom. The van der Waals surface area contributed by atoms with E-state index in [1.165, 1.54) is 0 Å². The largest absolute Gasteiger partial charge is 0.350 e. The molecule has 20 heavy (non-hydrogen) atoms. The van der Waals surface area contributed by atoms with E-state index < -0.39 is 0 Å². The van der Waals surface area contributed by atoms with Crippen LogP contribution in [-0.4, -0.2) is 48.4 Å². The molecule has 116 valence electrons. The summed E-state index contributed by atoms with van der Waals surface area (Å²) in [5.74, 6) is 0.164. The zero-order valence-corrected chi connectivity index (χ0v) is 13.0. The first kappa shape index (κ1) is 17.2. The molecule has 0 bridgehead atoms. The fourth-order valence-electron chi connectivity index (χ4n) is 2.97. The van der Waals surface area contributed by atoms with Crippen molar-refractivity contribution < 1.29 is 9.59 Å². The lowest BCUT2D eigenvalue weighted by Crippen LogP contribution is -2.52. The molecule has 2 saturated heterocycles. The molecule has 2 N–H and O–H groups in total. The second-order valence-corrected chi connectivity index (χ2v) is 5.55. The molecule has 2 amide bonds. The van der Waals surface area contributed by atoms with Crippen molar-refractivity contribution >= 4 is 24.2 Å². The zero-order valence-electron chi connectivity index (χ0n) is 12.2. The van der Waals surface area contributed by atoms with Crippen molar-refractivity contribution in [3.8, 4) is 0 Å². The van der Waals surface area contributed by atoms with Gasteiger partial charge in [-0.15, -0.1) is 12.4 Å². The molecule has 0 saturated carbocycles. The highest BCUT2D eigenvalue weighted by atomic mass is 35.5. The minimum absolute atomic E-state index is 0. The van der Waals surface area contributed by atoms with E-state index in [1.54, 1.807) is 4.90 Å². The van der Waals surface area contributed by atoms with Crippen LogP contribution < -0.4 is 10.6 Å². The number of hydrogen-bond acceptors (Lipinski definition) is 3. The summed E-state index contributed by atoms with van der Waals surface area (Å²) in [4.78, 5) is 26.1. The van der Waals surface area contributed by atoms with Gasteiger partial charge < -0.3 is 15.5 Å². The van der Waals surface area contributed by atoms with Gasteiger partial charge in [-0.25, -0.2) is 0 Å². The lowest BCUT2D eigenvalue weighted by atomic mass is 10.1. The molecule has 0 aromatic rings. The molecule has 2 unspecified atom stereocenters. The molecule has 2 aliphatic rings. The van der Waals surface area contributed by atoms with Gasteiger partial charge in [-0.2, -0.15) is 0 Å². The molecule has 5 nitrogen and oxygen atoms in total. The van der Waals surface area contributed by atoms with E-state index in [0.29, 0.717) is 6.42 Å². The third-order valence-electron chi connectivity index (χ3n) is 3.98. The molecule has 2 aliphatic heterocycles. The van der Waals surface area contributed by atoms with Crippen LogP contribution >= 0.6 is 12.4 Å². The van der Waals surface area contributed by atoms with E-state index in [0.717, 1.165) is 51.7 Å². The van der Waals surface area contributed by atoms with Crippen molar-refractivity contribution in [2.75, 3.05) is 19.6 Å². The van der Waals surface area contributed by atoms with Crippen LogP contribution in [0.3, 0.4) is 0 Å². The summed E-state index contributed by atoms with van der Waals surface area (Å²) in [5, 5.41) is 6.38. The van der Waals surface area contributed by atoms with Gasteiger partial charge in [-0.1, -0.05) is 6.92 Å². The van der Waals surface area contributed by atoms with Gasteiger partial charge in [0, 0.05) is 25.6 Å². The SMILES string of the molecule is CCCC(=O)N1CCCC1C(=O)NC1CCCNC1.Cl. The van der Waals surface area contributed by atoms with E-state index in [9.17, 15) is 9.59 Å². The van der Waals surface area contributed by atoms with Crippen molar-refractivity contribution in [2.24, 2.45) is 0 Å². The maximum atomic E-state index is 12.3. The first-order valence-electron chi connectivity index (χ1n) is 7.53. The van der Waals surface area contributed by atoms with Gasteiger partial charge in [0.25, 0.3) is 0 Å². The molecule has 0 radical (unpaired) electrons. The molecule has 6 heteroatoms. The summed E-state index contributed by atoms with van der Waals surface area (Å²) < 4.78 is 0. The number of nitrogens with zero attached hydrogens (tertiary/aromatic N) is 1. The number of nitrogens with one attached hydrogen (secondary N) is 2. The molecule has 2 atom stereocenters. The lowest BCUT2D eigenvalue weighted by Gasteiger charge is -2.28. The molecule has 2 rings (SSSR count). The van der Waals surface area contributed by atoms with Crippen LogP contribution in [-0.2, 0) is 9.59 Å². The molecule has 0 aliphatic carbocycles. The first-order chi connectivity index (χ1) is 9.22. The Hall–Kier alpha value is -0.810. The van der Waals surface area contributed by atoms with Crippen molar-refractivity contribution in [2.45, 2.75) is 57.5 Å². The van der Waals surface area contributed by atoms with Gasteiger partial charge in [-0.05, 0) is 38.6 Å². The summed E-state index contributed by atoms with van der Waals surface area (Å²) in [6.07, 6.45) is 5.28. The van der Waals surface area contributed by atoms with E-state index in [4.69, 9.17) is 0 Å². The molecule has 0 aromatic carbocycles. The smallest absolute Gasteiger partial charge is 0.243 e. The third-order valence-corrected chi connectivity index (χ3v) is 3.98. The second-order valence-electron chi connectivity index (χ2n) is 5.55. The molecule has 2 fully saturated rings. The highest BCUT2D eigenvalue weighted by Crippen LogP contribution is 2.19. The fraction of sp³-hybridized carbons (Fsp3) is 0.857. The highest BCUT2D eigenvalue weighted by Gasteiger charge is 2.34. The quantitative estimate of drug-likeness (QED) is 0.816. The number of carbonyl (C=O) groups is 2. The van der Waals surface area contributed by atoms with Crippen LogP contribution in [0.5, 0.6) is 0 Å². The van der Waals surface area contributed by atoms with Crippen molar-refractivity contribution in [3.63, 3.8) is 0 Å². The minimum Gasteiger partial charge on any atom is -0.350 e. The standard InChI is InChI=1S/C14H25N3O2.ClH/c1-2-5-13(18)17-9-4-7-12(17)14(19)16-11-6-3-8-15-10-11;/h11-12,15H,2-10H2,1H3,(H,16,19);1H. The van der Waals surface area contributed by atoms with Crippen LogP contribution in [0.4, 0.5) is 0 Å². The Labute approximate surface area is 127 Å². The molecular weight excluding hydrogens is 278 g/mol. The summed E-state index contributed by atoms with van der Waals surface area (Å²) in [7, 11) is 0. The molecule has 2 heterocycles. The average Bonchev–Trinajstić information content (AvgIpc) is 2.89. The number of piperidine rings is 1. The zero-order chi connectivity index (χ0) is 13.7. The van der Waals surface area contributed by atoms with Crippen molar-refractivity contribution in [1.82, 2.24) is 15.5 Å². The number of carbonyl (C=O) groups excluding carboxylic acids is 2. The third kappa shape index (κ3) is 4.35. The van der Waals surface area contributed by atoms with E-state index in [-0.39, 0.29) is 36.3 Å². The lowest BCUT2D eigenvalue weighted by molar-refractivity contribution is -0.138. The van der Waals surface area contributed by atoms with Gasteiger partial charge >= 0.3 is 0 Å². The Kier molecular flexibility index (Phi) is 7.30. The minimum atomic E-state index is -0.235. The molecule has 0 spiro atoms. The van der Waals surface area contributed by atoms with Gasteiger partial charge in [0.2, 0.25) is 11.8 Å². The number of halogens is 1. The average molecular weight is 304 g/mol. The Morgan fingerprint density at radius 3 is 2.75 bits per heavy atom. The summed E-state index contributed by atoms with van der Waals surface area (Å²) in [6.45, 7) is 4.62. The number of rotatable bonds is 4. The normalized spacial score (nSPS) is 25.9. The number of likely N-dealkylation sites (tertiary alicyclic amines) is 1. The Balaban J connectivity index is 0.00000200. The van der Waals surface area contributed by atoms with E-state index in [2.05, 4.69) is 10.6 Å². The van der Waals surface area contributed by atoms with Crippen molar-refractivity contribution in [3.05, 3.63) is 0 Å². The highest BCUT2D eigenvalue weighted by molar-refractivity contribution is 5.88. The predicted molar refractivity (Wildman–Crippen MR) is 80.9 cm³/mol. The second kappa shape index (κ2) is 8.47. The summed E-state index contributed by atoms with van der Waals surface area (Å²) >= 11 is 0. The molecule has 0 aromatic heterocycles. The Bertz CT molecular complexity index is 332. The van der Waals surface area contributed by atoms with E-state index >= 15 is 0 Å². The number of amides is 2. The maximum Gasteiger partial charge on any atom is 0.243 e. The number of hydrogen-bond donors (Lipinski definition) is 2. The van der Waals surface area contributed by atoms with Gasteiger partial charge in [0.15, 0.2) is 0 Å². The van der Waals surface area contributed by atoms with Crippen LogP contribution in [0.2, 0.25) is 0 Å². The Morgan fingerprint density at radius 2 is 2.10 bits per heavy atom. The van der Waals surface area contributed by atoms with Crippen LogP contribution in [0.25, 0.3) is 0 Å². The summed E-state index contributed by atoms with van der Waals surface area (Å²) in [5.41, 5.74) is 0.